The molecule has 0 fully saturated rings. The van der Waals surface area contributed by atoms with Gasteiger partial charge in [-0.1, -0.05) is 17.7 Å². The third kappa shape index (κ3) is 4.77. The molecule has 33 heavy (non-hydrogen) atoms. The molecule has 0 radical (unpaired) electrons. The van der Waals surface area contributed by atoms with Crippen molar-refractivity contribution in [1.29, 1.82) is 0 Å². The summed E-state index contributed by atoms with van der Waals surface area (Å²) in [5.74, 6) is -4.29. The number of halogens is 4. The first-order valence-electron chi connectivity index (χ1n) is 9.11. The van der Waals surface area contributed by atoms with E-state index in [4.69, 9.17) is 11.6 Å². The van der Waals surface area contributed by atoms with Gasteiger partial charge in [0.05, 0.1) is 23.0 Å². The summed E-state index contributed by atoms with van der Waals surface area (Å²) >= 11 is 6.83. The van der Waals surface area contributed by atoms with Gasteiger partial charge in [-0.05, 0) is 30.3 Å². The molecule has 0 aliphatic heterocycles. The van der Waals surface area contributed by atoms with E-state index >= 15 is 0 Å². The highest BCUT2D eigenvalue weighted by molar-refractivity contribution is 7.93. The number of aromatic nitrogens is 2. The first kappa shape index (κ1) is 23.0. The normalized spacial score (nSPS) is 11.5. The molecule has 0 unspecified atom stereocenters. The van der Waals surface area contributed by atoms with Crippen LogP contribution in [-0.4, -0.2) is 23.1 Å². The van der Waals surface area contributed by atoms with Crippen LogP contribution in [0.1, 0.15) is 15.9 Å². The lowest BCUT2D eigenvalue weighted by molar-refractivity contribution is 0.0951. The Hall–Kier alpha value is -3.22. The van der Waals surface area contributed by atoms with Gasteiger partial charge in [0.25, 0.3) is 15.9 Å². The van der Waals surface area contributed by atoms with Crippen molar-refractivity contribution in [3.05, 3.63) is 82.1 Å². The maximum Gasteiger partial charge on any atom is 0.264 e. The van der Waals surface area contributed by atoms with Crippen LogP contribution in [0.3, 0.4) is 0 Å². The van der Waals surface area contributed by atoms with Crippen LogP contribution in [0.5, 0.6) is 0 Å². The van der Waals surface area contributed by atoms with Crippen LogP contribution in [-0.2, 0) is 16.6 Å². The second-order valence-electron chi connectivity index (χ2n) is 6.71. The molecule has 3 aromatic carbocycles. The van der Waals surface area contributed by atoms with E-state index in [1.54, 1.807) is 6.07 Å². The standard InChI is InChI=1S/C20H12ClF3N4O3S2/c21-10-4-5-12(20(29)25-9-13-14(23)7-11(22)8-15(13)24)17(6-10)28-33(30,31)18-3-1-2-16-19(18)27-32-26-16/h1-8,28H,9H2,(H,25,29). The molecule has 4 aromatic rings. The molecule has 0 aliphatic rings. The maximum atomic E-state index is 13.9. The summed E-state index contributed by atoms with van der Waals surface area (Å²) in [4.78, 5) is 12.5. The maximum absolute atomic E-state index is 13.9. The van der Waals surface area contributed by atoms with E-state index < -0.39 is 45.5 Å². The van der Waals surface area contributed by atoms with Crippen molar-refractivity contribution >= 4 is 56.0 Å². The fourth-order valence-corrected chi connectivity index (χ4v) is 5.01. The van der Waals surface area contributed by atoms with E-state index in [0.29, 0.717) is 17.6 Å². The van der Waals surface area contributed by atoms with Gasteiger partial charge in [-0.3, -0.25) is 9.52 Å². The molecule has 4 rings (SSSR count). The van der Waals surface area contributed by atoms with Gasteiger partial charge in [-0.15, -0.1) is 0 Å². The zero-order chi connectivity index (χ0) is 23.8. The second kappa shape index (κ2) is 8.96. The highest BCUT2D eigenvalue weighted by Gasteiger charge is 2.23. The second-order valence-corrected chi connectivity index (χ2v) is 9.33. The molecule has 0 saturated heterocycles. The Morgan fingerprint density at radius 2 is 1.76 bits per heavy atom. The summed E-state index contributed by atoms with van der Waals surface area (Å²) in [6.07, 6.45) is 0. The molecule has 0 spiro atoms. The fraction of sp³-hybridized carbons (Fsp3) is 0.0500. The summed E-state index contributed by atoms with van der Waals surface area (Å²) in [6, 6.07) is 9.21. The number of rotatable bonds is 6. The molecule has 1 aromatic heterocycles. The van der Waals surface area contributed by atoms with Gasteiger partial charge in [0, 0.05) is 29.3 Å². The lowest BCUT2D eigenvalue weighted by Gasteiger charge is -2.14. The van der Waals surface area contributed by atoms with Crippen molar-refractivity contribution < 1.29 is 26.4 Å². The van der Waals surface area contributed by atoms with Crippen molar-refractivity contribution in [2.75, 3.05) is 4.72 Å². The van der Waals surface area contributed by atoms with Crippen LogP contribution in [0.15, 0.2) is 53.4 Å². The average molecular weight is 513 g/mol. The number of carbonyl (C=O) groups excluding carboxylic acids is 1. The van der Waals surface area contributed by atoms with Crippen LogP contribution in [0, 0.1) is 17.5 Å². The molecule has 0 atom stereocenters. The van der Waals surface area contributed by atoms with E-state index in [2.05, 4.69) is 18.8 Å². The van der Waals surface area contributed by atoms with Crippen molar-refractivity contribution in [3.63, 3.8) is 0 Å². The third-order valence-corrected chi connectivity index (χ3v) is 6.72. The van der Waals surface area contributed by atoms with Gasteiger partial charge in [0.1, 0.15) is 33.4 Å². The highest BCUT2D eigenvalue weighted by Crippen LogP contribution is 2.27. The first-order chi connectivity index (χ1) is 15.7. The van der Waals surface area contributed by atoms with Crippen LogP contribution in [0.4, 0.5) is 18.9 Å². The zero-order valence-corrected chi connectivity index (χ0v) is 18.7. The molecule has 2 N–H and O–H groups in total. The smallest absolute Gasteiger partial charge is 0.264 e. The molecule has 170 valence electrons. The van der Waals surface area contributed by atoms with Crippen LogP contribution in [0.2, 0.25) is 5.02 Å². The molecular weight excluding hydrogens is 501 g/mol. The summed E-state index contributed by atoms with van der Waals surface area (Å²) in [5, 5.41) is 2.42. The van der Waals surface area contributed by atoms with Crippen molar-refractivity contribution in [3.8, 4) is 0 Å². The Balaban J connectivity index is 1.63. The van der Waals surface area contributed by atoms with Gasteiger partial charge < -0.3 is 5.32 Å². The SMILES string of the molecule is O=C(NCc1c(F)cc(F)cc1F)c1ccc(Cl)cc1NS(=O)(=O)c1cccc2nsnc12. The third-order valence-electron chi connectivity index (χ3n) is 4.54. The quantitative estimate of drug-likeness (QED) is 0.396. The number of amides is 1. The monoisotopic (exact) mass is 512 g/mol. The van der Waals surface area contributed by atoms with Gasteiger partial charge in [-0.25, -0.2) is 21.6 Å². The highest BCUT2D eigenvalue weighted by atomic mass is 35.5. The molecule has 0 bridgehead atoms. The molecule has 13 heteroatoms. The fourth-order valence-electron chi connectivity index (χ4n) is 3.00. The van der Waals surface area contributed by atoms with Crippen LogP contribution < -0.4 is 10.0 Å². The average Bonchev–Trinajstić information content (AvgIpc) is 3.21. The summed E-state index contributed by atoms with van der Waals surface area (Å²) < 4.78 is 77.1. The van der Waals surface area contributed by atoms with Gasteiger partial charge >= 0.3 is 0 Å². The van der Waals surface area contributed by atoms with E-state index in [-0.39, 0.29) is 26.7 Å². The molecule has 1 amide bonds. The number of anilines is 1. The van der Waals surface area contributed by atoms with Crippen LogP contribution in [0.25, 0.3) is 11.0 Å². The first-order valence-corrected chi connectivity index (χ1v) is 11.7. The number of fused-ring (bicyclic) bond motifs is 1. The number of carbonyl (C=O) groups is 1. The lowest BCUT2D eigenvalue weighted by Crippen LogP contribution is -2.26. The molecular formula is C20H12ClF3N4O3S2. The minimum atomic E-state index is -4.21. The van der Waals surface area contributed by atoms with Crippen molar-refractivity contribution in [1.82, 2.24) is 14.1 Å². The summed E-state index contributed by atoms with van der Waals surface area (Å²) in [6.45, 7) is -0.602. The van der Waals surface area contributed by atoms with E-state index in [1.165, 1.54) is 30.3 Å². The summed E-state index contributed by atoms with van der Waals surface area (Å²) in [7, 11) is -4.21. The lowest BCUT2D eigenvalue weighted by atomic mass is 10.1. The van der Waals surface area contributed by atoms with Crippen LogP contribution >= 0.6 is 23.3 Å². The molecule has 0 aliphatic carbocycles. The van der Waals surface area contributed by atoms with E-state index in [0.717, 1.165) is 11.7 Å². The minimum absolute atomic E-state index is 0.133. The number of hydrogen-bond donors (Lipinski definition) is 2. The Morgan fingerprint density at radius 3 is 2.48 bits per heavy atom. The van der Waals surface area contributed by atoms with E-state index in [1.807, 2.05) is 0 Å². The minimum Gasteiger partial charge on any atom is -0.348 e. The van der Waals surface area contributed by atoms with Crippen molar-refractivity contribution in [2.45, 2.75) is 11.4 Å². The van der Waals surface area contributed by atoms with Gasteiger partial charge in [-0.2, -0.15) is 8.75 Å². The zero-order valence-electron chi connectivity index (χ0n) is 16.3. The number of nitrogens with one attached hydrogen (secondary N) is 2. The summed E-state index contributed by atoms with van der Waals surface area (Å²) in [5.41, 5.74) is -0.334. The number of nitrogens with zero attached hydrogens (tertiary/aromatic N) is 2. The largest absolute Gasteiger partial charge is 0.348 e. The van der Waals surface area contributed by atoms with E-state index in [9.17, 15) is 26.4 Å². The molecule has 0 saturated carbocycles. The molecule has 1 heterocycles. The Morgan fingerprint density at radius 1 is 1.03 bits per heavy atom. The van der Waals surface area contributed by atoms with Crippen molar-refractivity contribution in [2.24, 2.45) is 0 Å². The Bertz CT molecular complexity index is 1470. The number of hydrogen-bond acceptors (Lipinski definition) is 6. The predicted octanol–water partition coefficient (Wildman–Crippen LogP) is 4.49. The Labute approximate surface area is 194 Å². The Kier molecular flexibility index (Phi) is 6.23. The van der Waals surface area contributed by atoms with Gasteiger partial charge in [0.15, 0.2) is 0 Å². The topological polar surface area (TPSA) is 101 Å². The number of benzene rings is 3. The number of sulfonamides is 1. The molecule has 7 nitrogen and oxygen atoms in total. The predicted molar refractivity (Wildman–Crippen MR) is 117 cm³/mol. The van der Waals surface area contributed by atoms with Gasteiger partial charge in [0.2, 0.25) is 0 Å².